The molecule has 2 N–H and O–H groups in total. The second-order valence-electron chi connectivity index (χ2n) is 5.09. The first-order valence-electron chi connectivity index (χ1n) is 7.09. The van der Waals surface area contributed by atoms with Gasteiger partial charge in [0, 0.05) is 11.1 Å². The fourth-order valence-corrected chi connectivity index (χ4v) is 2.31. The van der Waals surface area contributed by atoms with E-state index in [9.17, 15) is 9.59 Å². The molecule has 120 valence electrons. The largest absolute Gasteiger partial charge is 0.490 e. The van der Waals surface area contributed by atoms with Gasteiger partial charge in [0.1, 0.15) is 5.75 Å². The Morgan fingerprint density at radius 3 is 2.13 bits per heavy atom. The van der Waals surface area contributed by atoms with E-state index in [1.165, 1.54) is 0 Å². The van der Waals surface area contributed by atoms with E-state index < -0.39 is 5.91 Å². The molecule has 5 nitrogen and oxygen atoms in total. The Balaban J connectivity index is 1.98. The number of carbonyl (C=O) groups excluding carboxylic acids is 2. The SMILES string of the molecule is CC(C)Oc1ccc(C(=O)NNC(=O)c2ccccc2)cc1Br. The van der Waals surface area contributed by atoms with Gasteiger partial charge in [-0.1, -0.05) is 18.2 Å². The molecule has 0 aliphatic heterocycles. The number of hydrazine groups is 1. The number of nitrogens with one attached hydrogen (secondary N) is 2. The third-order valence-electron chi connectivity index (χ3n) is 2.88. The normalized spacial score (nSPS) is 10.3. The number of halogens is 1. The third kappa shape index (κ3) is 4.82. The minimum absolute atomic E-state index is 0.0381. The topological polar surface area (TPSA) is 67.4 Å². The van der Waals surface area contributed by atoms with Crippen LogP contribution in [0.25, 0.3) is 0 Å². The molecule has 2 aromatic rings. The van der Waals surface area contributed by atoms with Gasteiger partial charge in [-0.15, -0.1) is 0 Å². The van der Waals surface area contributed by atoms with E-state index in [4.69, 9.17) is 4.74 Å². The van der Waals surface area contributed by atoms with Crippen molar-refractivity contribution >= 4 is 27.7 Å². The van der Waals surface area contributed by atoms with Crippen molar-refractivity contribution < 1.29 is 14.3 Å². The van der Waals surface area contributed by atoms with Crippen molar-refractivity contribution in [3.63, 3.8) is 0 Å². The molecule has 0 aliphatic rings. The zero-order chi connectivity index (χ0) is 16.8. The molecule has 0 saturated carbocycles. The van der Waals surface area contributed by atoms with E-state index in [1.54, 1.807) is 42.5 Å². The Morgan fingerprint density at radius 2 is 1.57 bits per heavy atom. The molecule has 0 unspecified atom stereocenters. The maximum absolute atomic E-state index is 12.1. The average molecular weight is 377 g/mol. The molecule has 2 rings (SSSR count). The molecule has 0 fully saturated rings. The van der Waals surface area contributed by atoms with Crippen LogP contribution < -0.4 is 15.6 Å². The summed E-state index contributed by atoms with van der Waals surface area (Å²) in [5.41, 5.74) is 5.63. The maximum atomic E-state index is 12.1. The summed E-state index contributed by atoms with van der Waals surface area (Å²) in [5, 5.41) is 0. The molecule has 6 heteroatoms. The number of amides is 2. The average Bonchev–Trinajstić information content (AvgIpc) is 2.54. The number of hydrogen-bond acceptors (Lipinski definition) is 3. The van der Waals surface area contributed by atoms with Gasteiger partial charge in [0.05, 0.1) is 10.6 Å². The van der Waals surface area contributed by atoms with Crippen LogP contribution in [0.3, 0.4) is 0 Å². The van der Waals surface area contributed by atoms with Crippen molar-refractivity contribution in [3.8, 4) is 5.75 Å². The minimum atomic E-state index is -0.411. The molecule has 2 aromatic carbocycles. The number of hydrogen-bond donors (Lipinski definition) is 2. The maximum Gasteiger partial charge on any atom is 0.269 e. The van der Waals surface area contributed by atoms with E-state index >= 15 is 0 Å². The number of carbonyl (C=O) groups is 2. The zero-order valence-electron chi connectivity index (χ0n) is 12.8. The first kappa shape index (κ1) is 17.0. The predicted molar refractivity (Wildman–Crippen MR) is 91.3 cm³/mol. The van der Waals surface area contributed by atoms with Crippen LogP contribution in [0.4, 0.5) is 0 Å². The molecular weight excluding hydrogens is 360 g/mol. The van der Waals surface area contributed by atoms with Gasteiger partial charge in [-0.3, -0.25) is 20.4 Å². The lowest BCUT2D eigenvalue weighted by Crippen LogP contribution is -2.41. The van der Waals surface area contributed by atoms with E-state index in [-0.39, 0.29) is 12.0 Å². The molecule has 0 bridgehead atoms. The fraction of sp³-hybridized carbons (Fsp3) is 0.176. The van der Waals surface area contributed by atoms with Crippen LogP contribution in [-0.4, -0.2) is 17.9 Å². The Labute approximate surface area is 143 Å². The van der Waals surface area contributed by atoms with Gasteiger partial charge in [-0.2, -0.15) is 0 Å². The lowest BCUT2D eigenvalue weighted by molar-refractivity contribution is 0.0846. The summed E-state index contributed by atoms with van der Waals surface area (Å²) in [6.07, 6.45) is 0.0381. The minimum Gasteiger partial charge on any atom is -0.490 e. The van der Waals surface area contributed by atoms with Crippen LogP contribution in [0.1, 0.15) is 34.6 Å². The molecule has 0 aliphatic carbocycles. The van der Waals surface area contributed by atoms with Crippen molar-refractivity contribution in [3.05, 3.63) is 64.1 Å². The highest BCUT2D eigenvalue weighted by atomic mass is 79.9. The summed E-state index contributed by atoms with van der Waals surface area (Å²) in [4.78, 5) is 23.9. The Kier molecular flexibility index (Phi) is 5.76. The lowest BCUT2D eigenvalue weighted by Gasteiger charge is -2.12. The first-order valence-corrected chi connectivity index (χ1v) is 7.88. The van der Waals surface area contributed by atoms with Crippen LogP contribution in [-0.2, 0) is 0 Å². The summed E-state index contributed by atoms with van der Waals surface area (Å²) in [6.45, 7) is 3.85. The molecular formula is C17H17BrN2O3. The highest BCUT2D eigenvalue weighted by molar-refractivity contribution is 9.10. The van der Waals surface area contributed by atoms with E-state index in [0.29, 0.717) is 21.3 Å². The summed E-state index contributed by atoms with van der Waals surface area (Å²) in [5.74, 6) is -0.131. The summed E-state index contributed by atoms with van der Waals surface area (Å²) in [6, 6.07) is 13.6. The van der Waals surface area contributed by atoms with E-state index in [1.807, 2.05) is 19.9 Å². The Hall–Kier alpha value is -2.34. The highest BCUT2D eigenvalue weighted by Crippen LogP contribution is 2.26. The number of ether oxygens (including phenoxy) is 1. The van der Waals surface area contributed by atoms with Crippen LogP contribution in [0.15, 0.2) is 53.0 Å². The van der Waals surface area contributed by atoms with E-state index in [0.717, 1.165) is 0 Å². The van der Waals surface area contributed by atoms with Crippen molar-refractivity contribution in [1.29, 1.82) is 0 Å². The molecule has 0 heterocycles. The van der Waals surface area contributed by atoms with Crippen LogP contribution >= 0.6 is 15.9 Å². The smallest absolute Gasteiger partial charge is 0.269 e. The van der Waals surface area contributed by atoms with Gasteiger partial charge < -0.3 is 4.74 Å². The Morgan fingerprint density at radius 1 is 0.957 bits per heavy atom. The summed E-state index contributed by atoms with van der Waals surface area (Å²) >= 11 is 3.37. The number of benzene rings is 2. The quantitative estimate of drug-likeness (QED) is 0.804. The fourth-order valence-electron chi connectivity index (χ4n) is 1.84. The molecule has 23 heavy (non-hydrogen) atoms. The predicted octanol–water partition coefficient (Wildman–Crippen LogP) is 3.31. The van der Waals surface area contributed by atoms with Gasteiger partial charge in [0.15, 0.2) is 0 Å². The Bertz CT molecular complexity index is 702. The lowest BCUT2D eigenvalue weighted by atomic mass is 10.2. The second kappa shape index (κ2) is 7.78. The molecule has 0 atom stereocenters. The highest BCUT2D eigenvalue weighted by Gasteiger charge is 2.11. The van der Waals surface area contributed by atoms with E-state index in [2.05, 4.69) is 26.8 Å². The van der Waals surface area contributed by atoms with Gasteiger partial charge in [-0.05, 0) is 60.1 Å². The number of rotatable bonds is 4. The summed E-state index contributed by atoms with van der Waals surface area (Å²) < 4.78 is 6.26. The first-order chi connectivity index (χ1) is 11.0. The molecule has 2 amide bonds. The van der Waals surface area contributed by atoms with Gasteiger partial charge in [0.25, 0.3) is 11.8 Å². The molecule has 0 radical (unpaired) electrons. The van der Waals surface area contributed by atoms with Crippen molar-refractivity contribution in [2.24, 2.45) is 0 Å². The van der Waals surface area contributed by atoms with Gasteiger partial charge in [0.2, 0.25) is 0 Å². The third-order valence-corrected chi connectivity index (χ3v) is 3.50. The van der Waals surface area contributed by atoms with Gasteiger partial charge >= 0.3 is 0 Å². The standard InChI is InChI=1S/C17H17BrN2O3/c1-11(2)23-15-9-8-13(10-14(15)18)17(22)20-19-16(21)12-6-4-3-5-7-12/h3-11H,1-2H3,(H,19,21)(H,20,22). The summed E-state index contributed by atoms with van der Waals surface area (Å²) in [7, 11) is 0. The zero-order valence-corrected chi connectivity index (χ0v) is 14.4. The van der Waals surface area contributed by atoms with Crippen LogP contribution in [0.5, 0.6) is 5.75 Å². The van der Waals surface area contributed by atoms with Crippen molar-refractivity contribution in [2.75, 3.05) is 0 Å². The van der Waals surface area contributed by atoms with Crippen LogP contribution in [0.2, 0.25) is 0 Å². The van der Waals surface area contributed by atoms with Crippen LogP contribution in [0, 0.1) is 0 Å². The second-order valence-corrected chi connectivity index (χ2v) is 5.94. The van der Waals surface area contributed by atoms with Crippen molar-refractivity contribution in [1.82, 2.24) is 10.9 Å². The molecule has 0 aromatic heterocycles. The monoisotopic (exact) mass is 376 g/mol. The van der Waals surface area contributed by atoms with Crippen molar-refractivity contribution in [2.45, 2.75) is 20.0 Å². The molecule has 0 spiro atoms. The molecule has 0 saturated heterocycles. The van der Waals surface area contributed by atoms with Gasteiger partial charge in [-0.25, -0.2) is 0 Å².